The Labute approximate surface area is 175 Å². The van der Waals surface area contributed by atoms with Crippen molar-refractivity contribution < 1.29 is 17.9 Å². The van der Waals surface area contributed by atoms with Gasteiger partial charge in [0, 0.05) is 10.9 Å². The summed E-state index contributed by atoms with van der Waals surface area (Å²) in [7, 11) is -2.19. The number of sulfonamides is 1. The number of methoxy groups -OCH3 is 1. The maximum absolute atomic E-state index is 13.2. The van der Waals surface area contributed by atoms with Crippen molar-refractivity contribution in [3.05, 3.63) is 53.1 Å². The van der Waals surface area contributed by atoms with Gasteiger partial charge in [0.2, 0.25) is 15.9 Å². The van der Waals surface area contributed by atoms with Gasteiger partial charge in [0.05, 0.1) is 23.6 Å². The zero-order valence-corrected chi connectivity index (χ0v) is 17.6. The van der Waals surface area contributed by atoms with Crippen LogP contribution in [0, 0.1) is 11.3 Å². The van der Waals surface area contributed by atoms with E-state index in [-0.39, 0.29) is 28.1 Å². The van der Waals surface area contributed by atoms with Crippen molar-refractivity contribution >= 4 is 33.2 Å². The Morgan fingerprint density at radius 1 is 1.17 bits per heavy atom. The smallest absolute Gasteiger partial charge is 0.238 e. The molecule has 6 nitrogen and oxygen atoms in total. The lowest BCUT2D eigenvalue weighted by Gasteiger charge is -2.12. The SMILES string of the molecule is COc1ccc(Cl)cc1NC(=O)[C@H]1[C@H](c2ccc(S(N)(=O)=O)cc2)C12CCCC2. The number of ether oxygens (including phenoxy) is 1. The van der Waals surface area contributed by atoms with Crippen molar-refractivity contribution in [3.8, 4) is 5.75 Å². The highest BCUT2D eigenvalue weighted by atomic mass is 35.5. The lowest BCUT2D eigenvalue weighted by molar-refractivity contribution is -0.118. The van der Waals surface area contributed by atoms with Crippen molar-refractivity contribution in [2.24, 2.45) is 16.5 Å². The number of carbonyl (C=O) groups is 1. The molecule has 2 aromatic carbocycles. The number of benzene rings is 2. The summed E-state index contributed by atoms with van der Waals surface area (Å²) in [4.78, 5) is 13.3. The summed E-state index contributed by atoms with van der Waals surface area (Å²) >= 11 is 6.08. The van der Waals surface area contributed by atoms with Crippen LogP contribution in [-0.2, 0) is 14.8 Å². The third-order valence-corrected chi connectivity index (χ3v) is 7.43. The summed E-state index contributed by atoms with van der Waals surface area (Å²) in [5, 5.41) is 8.70. The Kier molecular flexibility index (Phi) is 5.09. The highest BCUT2D eigenvalue weighted by Gasteiger charge is 2.68. The molecule has 0 aromatic heterocycles. The first-order valence-corrected chi connectivity index (χ1v) is 11.5. The number of rotatable bonds is 5. The van der Waals surface area contributed by atoms with Crippen molar-refractivity contribution in [2.45, 2.75) is 36.5 Å². The van der Waals surface area contributed by atoms with Crippen molar-refractivity contribution in [1.29, 1.82) is 0 Å². The van der Waals surface area contributed by atoms with Gasteiger partial charge in [0.25, 0.3) is 0 Å². The molecular formula is C21H23ClN2O4S. The summed E-state index contributed by atoms with van der Waals surface area (Å²) < 4.78 is 28.4. The third-order valence-electron chi connectivity index (χ3n) is 6.27. The number of nitrogens with two attached hydrogens (primary N) is 1. The molecule has 1 spiro atoms. The largest absolute Gasteiger partial charge is 0.495 e. The molecule has 2 aromatic rings. The van der Waals surface area contributed by atoms with Gasteiger partial charge in [-0.3, -0.25) is 4.79 Å². The van der Waals surface area contributed by atoms with Gasteiger partial charge in [0.1, 0.15) is 5.75 Å². The van der Waals surface area contributed by atoms with Crippen molar-refractivity contribution in [2.75, 3.05) is 12.4 Å². The van der Waals surface area contributed by atoms with E-state index in [0.717, 1.165) is 31.2 Å². The summed E-state index contributed by atoms with van der Waals surface area (Å²) in [5.41, 5.74) is 1.45. The molecule has 0 bridgehead atoms. The molecule has 2 saturated carbocycles. The number of halogens is 1. The summed E-state index contributed by atoms with van der Waals surface area (Å²) in [6.07, 6.45) is 4.16. The molecule has 3 N–H and O–H groups in total. The van der Waals surface area contributed by atoms with Gasteiger partial charge < -0.3 is 10.1 Å². The number of amides is 1. The van der Waals surface area contributed by atoms with Gasteiger partial charge in [-0.25, -0.2) is 13.6 Å². The van der Waals surface area contributed by atoms with Crippen molar-refractivity contribution in [1.82, 2.24) is 0 Å². The highest BCUT2D eigenvalue weighted by Crippen LogP contribution is 2.72. The number of anilines is 1. The van der Waals surface area contributed by atoms with Gasteiger partial charge >= 0.3 is 0 Å². The lowest BCUT2D eigenvalue weighted by atomic mass is 9.97. The monoisotopic (exact) mass is 434 g/mol. The van der Waals surface area contributed by atoms with E-state index in [1.54, 1.807) is 37.4 Å². The minimum Gasteiger partial charge on any atom is -0.495 e. The molecule has 0 saturated heterocycles. The minimum atomic E-state index is -3.74. The van der Waals surface area contributed by atoms with Crippen LogP contribution >= 0.6 is 11.6 Å². The first-order chi connectivity index (χ1) is 13.8. The van der Waals surface area contributed by atoms with E-state index in [2.05, 4.69) is 5.32 Å². The van der Waals surface area contributed by atoms with Crippen LogP contribution in [0.2, 0.25) is 5.02 Å². The molecule has 2 aliphatic carbocycles. The number of hydrogen-bond donors (Lipinski definition) is 2. The number of carbonyl (C=O) groups excluding carboxylic acids is 1. The predicted octanol–water partition coefficient (Wildman–Crippen LogP) is 3.91. The second-order valence-electron chi connectivity index (χ2n) is 7.84. The maximum atomic E-state index is 13.2. The van der Waals surface area contributed by atoms with Gasteiger partial charge in [-0.15, -0.1) is 0 Å². The van der Waals surface area contributed by atoms with E-state index in [0.29, 0.717) is 16.5 Å². The Bertz CT molecular complexity index is 1050. The number of primary sulfonamides is 1. The predicted molar refractivity (Wildman–Crippen MR) is 112 cm³/mol. The van der Waals surface area contributed by atoms with Gasteiger partial charge in [0.15, 0.2) is 0 Å². The fourth-order valence-electron chi connectivity index (χ4n) is 4.94. The molecule has 0 heterocycles. The zero-order valence-electron chi connectivity index (χ0n) is 16.0. The third kappa shape index (κ3) is 3.63. The normalized spacial score (nSPS) is 22.4. The quantitative estimate of drug-likeness (QED) is 0.745. The first-order valence-electron chi connectivity index (χ1n) is 9.53. The van der Waals surface area contributed by atoms with Gasteiger partial charge in [-0.2, -0.15) is 0 Å². The molecule has 0 unspecified atom stereocenters. The molecule has 4 rings (SSSR count). The van der Waals surface area contributed by atoms with E-state index < -0.39 is 10.0 Å². The second kappa shape index (κ2) is 7.31. The van der Waals surface area contributed by atoms with Gasteiger partial charge in [-0.1, -0.05) is 36.6 Å². The molecule has 0 radical (unpaired) electrons. The number of hydrogen-bond acceptors (Lipinski definition) is 4. The van der Waals surface area contributed by atoms with Crippen LogP contribution in [0.3, 0.4) is 0 Å². The minimum absolute atomic E-state index is 0.0599. The van der Waals surface area contributed by atoms with Crippen LogP contribution in [-0.4, -0.2) is 21.4 Å². The Balaban J connectivity index is 1.61. The molecule has 2 atom stereocenters. The van der Waals surface area contributed by atoms with Crippen LogP contribution in [0.1, 0.15) is 37.2 Å². The lowest BCUT2D eigenvalue weighted by Crippen LogP contribution is -2.18. The van der Waals surface area contributed by atoms with Crippen LogP contribution < -0.4 is 15.2 Å². The Morgan fingerprint density at radius 3 is 2.41 bits per heavy atom. The molecular weight excluding hydrogens is 412 g/mol. The second-order valence-corrected chi connectivity index (χ2v) is 9.84. The van der Waals surface area contributed by atoms with E-state index in [1.165, 1.54) is 12.1 Å². The molecule has 8 heteroatoms. The van der Waals surface area contributed by atoms with Crippen LogP contribution in [0.5, 0.6) is 5.75 Å². The van der Waals surface area contributed by atoms with E-state index >= 15 is 0 Å². The van der Waals surface area contributed by atoms with Crippen LogP contribution in [0.4, 0.5) is 5.69 Å². The first kappa shape index (κ1) is 20.2. The summed E-state index contributed by atoms with van der Waals surface area (Å²) in [6, 6.07) is 11.7. The average molecular weight is 435 g/mol. The Morgan fingerprint density at radius 2 is 1.83 bits per heavy atom. The molecule has 0 aliphatic heterocycles. The highest BCUT2D eigenvalue weighted by molar-refractivity contribution is 7.89. The fourth-order valence-corrected chi connectivity index (χ4v) is 5.62. The van der Waals surface area contributed by atoms with Crippen LogP contribution in [0.15, 0.2) is 47.4 Å². The number of nitrogens with one attached hydrogen (secondary N) is 1. The standard InChI is InChI=1S/C21H23ClN2O4S/c1-28-17-9-6-14(22)12-16(17)24-20(25)19-18(21(19)10-2-3-11-21)13-4-7-15(8-5-13)29(23,26)27/h4-9,12,18-19H,2-3,10-11H2,1H3,(H,24,25)(H2,23,26,27)/t18-,19+/m0/s1. The van der Waals surface area contributed by atoms with E-state index in [4.69, 9.17) is 21.5 Å². The molecule has 154 valence electrons. The molecule has 1 amide bonds. The molecule has 29 heavy (non-hydrogen) atoms. The zero-order chi connectivity index (χ0) is 20.8. The molecule has 2 fully saturated rings. The van der Waals surface area contributed by atoms with E-state index in [9.17, 15) is 13.2 Å². The van der Waals surface area contributed by atoms with Crippen LogP contribution in [0.25, 0.3) is 0 Å². The maximum Gasteiger partial charge on any atom is 0.238 e. The van der Waals surface area contributed by atoms with Crippen molar-refractivity contribution in [3.63, 3.8) is 0 Å². The Hall–Kier alpha value is -2.09. The summed E-state index contributed by atoms with van der Waals surface area (Å²) in [6.45, 7) is 0. The topological polar surface area (TPSA) is 98.5 Å². The van der Waals surface area contributed by atoms with E-state index in [1.807, 2.05) is 0 Å². The fraction of sp³-hybridized carbons (Fsp3) is 0.381. The van der Waals surface area contributed by atoms with Gasteiger partial charge in [-0.05, 0) is 54.2 Å². The average Bonchev–Trinajstić information content (AvgIpc) is 3.05. The summed E-state index contributed by atoms with van der Waals surface area (Å²) in [5.74, 6) is 0.379. The molecule has 2 aliphatic rings.